The molecule has 0 spiro atoms. The highest BCUT2D eigenvalue weighted by Gasteiger charge is 2.56. The fraction of sp³-hybridized carbons (Fsp3) is 0.462. The molecule has 1 aliphatic heterocycles. The Labute approximate surface area is 250 Å². The van der Waals surface area contributed by atoms with E-state index in [0.717, 1.165) is 6.92 Å². The number of halogens is 1. The first-order valence-corrected chi connectivity index (χ1v) is 15.0. The lowest BCUT2D eigenvalue weighted by Crippen LogP contribution is -2.41. The van der Waals surface area contributed by atoms with Gasteiger partial charge < -0.3 is 29.6 Å². The number of carbonyl (C=O) groups is 1. The maximum absolute atomic E-state index is 16.1. The Hall–Kier alpha value is -4.02. The van der Waals surface area contributed by atoms with Crippen molar-refractivity contribution in [1.82, 2.24) is 34.6 Å². The van der Waals surface area contributed by atoms with E-state index >= 15 is 4.39 Å². The van der Waals surface area contributed by atoms with Crippen LogP contribution in [0.5, 0.6) is 11.6 Å². The number of nitrogens with one attached hydrogen (secondary N) is 1. The predicted molar refractivity (Wildman–Crippen MR) is 153 cm³/mol. The molecule has 4 aromatic rings. The first kappa shape index (κ1) is 31.4. The summed E-state index contributed by atoms with van der Waals surface area (Å²) >= 11 is 0. The third-order valence-electron chi connectivity index (χ3n) is 6.75. The SMILES string of the molecule is COc1nc(N)nc2c1ncn2[C@@H]1O[C@H](COP(=O)(N[C@@H](C)C(=O)OC(C)C)Oc2cccc3cncnc23)[C@@H](O)[C@@]1(C)F. The van der Waals surface area contributed by atoms with Crippen molar-refractivity contribution >= 4 is 41.7 Å². The van der Waals surface area contributed by atoms with Crippen LogP contribution in [-0.2, 0) is 23.4 Å². The van der Waals surface area contributed by atoms with E-state index in [-0.39, 0.29) is 28.7 Å². The number of nitrogen functional groups attached to an aromatic ring is 1. The zero-order valence-corrected chi connectivity index (χ0v) is 25.3. The van der Waals surface area contributed by atoms with Crippen LogP contribution in [0.2, 0.25) is 0 Å². The third kappa shape index (κ3) is 6.14. The number of nitrogens with two attached hydrogens (primary N) is 1. The molecule has 1 aliphatic rings. The number of para-hydroxylation sites is 1. The van der Waals surface area contributed by atoms with Gasteiger partial charge in [-0.1, -0.05) is 12.1 Å². The van der Waals surface area contributed by atoms with Crippen molar-refractivity contribution in [2.24, 2.45) is 0 Å². The molecule has 1 fully saturated rings. The molecular formula is C26H32FN8O8P. The maximum Gasteiger partial charge on any atom is 0.459 e. The van der Waals surface area contributed by atoms with Crippen molar-refractivity contribution in [3.05, 3.63) is 37.1 Å². The Morgan fingerprint density at radius 2 is 2.05 bits per heavy atom. The lowest BCUT2D eigenvalue weighted by Gasteiger charge is -2.25. The molecule has 4 N–H and O–H groups in total. The maximum atomic E-state index is 16.1. The molecule has 6 atom stereocenters. The number of nitrogens with zero attached hydrogens (tertiary/aromatic N) is 6. The van der Waals surface area contributed by atoms with Gasteiger partial charge in [-0.05, 0) is 33.8 Å². The second-order valence-electron chi connectivity index (χ2n) is 10.5. The van der Waals surface area contributed by atoms with Crippen molar-refractivity contribution in [3.63, 3.8) is 0 Å². The van der Waals surface area contributed by atoms with Crippen molar-refractivity contribution < 1.29 is 42.1 Å². The molecule has 0 amide bonds. The number of esters is 1. The van der Waals surface area contributed by atoms with Gasteiger partial charge in [-0.3, -0.25) is 13.9 Å². The molecular weight excluding hydrogens is 602 g/mol. The zero-order chi connectivity index (χ0) is 31.8. The molecule has 0 bridgehead atoms. The van der Waals surface area contributed by atoms with Crippen LogP contribution >= 0.6 is 7.75 Å². The third-order valence-corrected chi connectivity index (χ3v) is 8.38. The van der Waals surface area contributed by atoms with E-state index < -0.39 is 56.6 Å². The summed E-state index contributed by atoms with van der Waals surface area (Å²) in [5, 5.41) is 14.1. The first-order valence-electron chi connectivity index (χ1n) is 13.5. The van der Waals surface area contributed by atoms with Gasteiger partial charge in [-0.25, -0.2) is 23.9 Å². The summed E-state index contributed by atoms with van der Waals surface area (Å²) in [4.78, 5) is 33.0. The number of hydrogen-bond acceptors (Lipinski definition) is 14. The zero-order valence-electron chi connectivity index (χ0n) is 24.4. The van der Waals surface area contributed by atoms with Gasteiger partial charge in [0, 0.05) is 11.6 Å². The minimum absolute atomic E-state index is 0.0577. The van der Waals surface area contributed by atoms with Crippen LogP contribution < -0.4 is 20.1 Å². The van der Waals surface area contributed by atoms with E-state index in [9.17, 15) is 14.5 Å². The van der Waals surface area contributed by atoms with E-state index in [1.807, 2.05) is 0 Å². The molecule has 1 aromatic carbocycles. The number of ether oxygens (including phenoxy) is 3. The van der Waals surface area contributed by atoms with Gasteiger partial charge in [0.15, 0.2) is 28.8 Å². The van der Waals surface area contributed by atoms with Gasteiger partial charge in [0.25, 0.3) is 0 Å². The number of methoxy groups -OCH3 is 1. The molecule has 1 unspecified atom stereocenters. The number of aliphatic hydroxyl groups excluding tert-OH is 1. The number of anilines is 1. The molecule has 18 heteroatoms. The Morgan fingerprint density at radius 3 is 2.77 bits per heavy atom. The summed E-state index contributed by atoms with van der Waals surface area (Å²) in [7, 11) is -3.09. The monoisotopic (exact) mass is 634 g/mol. The molecule has 1 saturated heterocycles. The number of alkyl halides is 1. The van der Waals surface area contributed by atoms with E-state index in [0.29, 0.717) is 10.9 Å². The highest BCUT2D eigenvalue weighted by molar-refractivity contribution is 7.52. The number of aliphatic hydroxyl groups is 1. The first-order chi connectivity index (χ1) is 20.8. The molecule has 44 heavy (non-hydrogen) atoms. The van der Waals surface area contributed by atoms with E-state index in [1.54, 1.807) is 26.0 Å². The van der Waals surface area contributed by atoms with Crippen LogP contribution in [-0.4, -0.2) is 84.3 Å². The van der Waals surface area contributed by atoms with Gasteiger partial charge in [0.2, 0.25) is 11.8 Å². The second kappa shape index (κ2) is 12.2. The topological polar surface area (TPSA) is 208 Å². The van der Waals surface area contributed by atoms with E-state index in [2.05, 4.69) is 30.0 Å². The van der Waals surface area contributed by atoms with Gasteiger partial charge in [0.05, 0.1) is 26.1 Å². The molecule has 236 valence electrons. The summed E-state index contributed by atoms with van der Waals surface area (Å²) in [5.41, 5.74) is 4.00. The number of fused-ring (bicyclic) bond motifs is 2. The smallest absolute Gasteiger partial charge is 0.459 e. The van der Waals surface area contributed by atoms with E-state index in [4.69, 9.17) is 29.0 Å². The molecule has 0 radical (unpaired) electrons. The Morgan fingerprint density at radius 1 is 1.27 bits per heavy atom. The van der Waals surface area contributed by atoms with Crippen LogP contribution in [0.15, 0.2) is 37.1 Å². The molecule has 5 rings (SSSR count). The summed E-state index contributed by atoms with van der Waals surface area (Å²) in [6.45, 7) is 5.24. The number of hydrogen-bond donors (Lipinski definition) is 3. The van der Waals surface area contributed by atoms with Gasteiger partial charge in [0.1, 0.15) is 30.1 Å². The van der Waals surface area contributed by atoms with Crippen LogP contribution in [0.4, 0.5) is 10.3 Å². The van der Waals surface area contributed by atoms with Crippen molar-refractivity contribution in [2.45, 2.75) is 63.9 Å². The predicted octanol–water partition coefficient (Wildman–Crippen LogP) is 2.48. The van der Waals surface area contributed by atoms with Gasteiger partial charge in [-0.2, -0.15) is 15.1 Å². The summed E-state index contributed by atoms with van der Waals surface area (Å²) in [5.74, 6) is -0.742. The number of benzene rings is 1. The number of imidazole rings is 1. The van der Waals surface area contributed by atoms with Gasteiger partial charge in [-0.15, -0.1) is 0 Å². The molecule has 0 aliphatic carbocycles. The fourth-order valence-corrected chi connectivity index (χ4v) is 6.16. The Kier molecular flexibility index (Phi) is 8.68. The standard InChI is InChI=1S/C26H32FN8O8P/c1-13(2)41-23(37)14(3)34-44(38,43-16-8-6-7-15-9-29-11-30-18(15)16)40-10-17-20(36)26(4,27)24(42-17)35-12-31-19-21(35)32-25(28)33-22(19)39-5/h6-9,11-14,17,20,24,36H,10H2,1-5H3,(H,34,38)(H2,28,32,33)/t14-,17+,20+,24+,26+,44?/m0/s1. The highest BCUT2D eigenvalue weighted by atomic mass is 31.2. The number of aromatic nitrogens is 6. The average molecular weight is 635 g/mol. The number of rotatable bonds is 11. The summed E-state index contributed by atoms with van der Waals surface area (Å²) in [6.07, 6.45) is -0.957. The average Bonchev–Trinajstić information content (AvgIpc) is 3.48. The molecule has 3 aromatic heterocycles. The molecule has 16 nitrogen and oxygen atoms in total. The summed E-state index contributed by atoms with van der Waals surface area (Å²) in [6, 6.07) is 3.71. The van der Waals surface area contributed by atoms with E-state index in [1.165, 1.54) is 43.5 Å². The Bertz CT molecular complexity index is 1720. The van der Waals surface area contributed by atoms with Crippen LogP contribution in [0, 0.1) is 0 Å². The minimum atomic E-state index is -4.45. The summed E-state index contributed by atoms with van der Waals surface area (Å²) < 4.78 is 59.3. The molecule has 4 heterocycles. The number of carbonyl (C=O) groups excluding carboxylic acids is 1. The van der Waals surface area contributed by atoms with Crippen LogP contribution in [0.3, 0.4) is 0 Å². The fourth-order valence-electron chi connectivity index (χ4n) is 4.65. The van der Waals surface area contributed by atoms with Crippen molar-refractivity contribution in [2.75, 3.05) is 19.5 Å². The highest BCUT2D eigenvalue weighted by Crippen LogP contribution is 2.49. The molecule has 0 saturated carbocycles. The normalized spacial score (nSPS) is 24.0. The minimum Gasteiger partial charge on any atom is -0.479 e. The van der Waals surface area contributed by atoms with Crippen molar-refractivity contribution in [1.29, 1.82) is 0 Å². The van der Waals surface area contributed by atoms with Crippen LogP contribution in [0.1, 0.15) is 33.9 Å². The second-order valence-corrected chi connectivity index (χ2v) is 12.2. The lowest BCUT2D eigenvalue weighted by atomic mass is 9.98. The van der Waals surface area contributed by atoms with Crippen LogP contribution in [0.25, 0.3) is 22.1 Å². The lowest BCUT2D eigenvalue weighted by molar-refractivity contribution is -0.149. The van der Waals surface area contributed by atoms with Gasteiger partial charge >= 0.3 is 13.7 Å². The Balaban J connectivity index is 1.42. The van der Waals surface area contributed by atoms with Crippen molar-refractivity contribution in [3.8, 4) is 11.6 Å². The quantitative estimate of drug-likeness (QED) is 0.160. The largest absolute Gasteiger partial charge is 0.479 e.